The van der Waals surface area contributed by atoms with Gasteiger partial charge in [0.15, 0.2) is 11.6 Å². The van der Waals surface area contributed by atoms with E-state index in [2.05, 4.69) is 0 Å². The van der Waals surface area contributed by atoms with Gasteiger partial charge in [0.05, 0.1) is 13.0 Å². The van der Waals surface area contributed by atoms with Crippen molar-refractivity contribution >= 4 is 17.5 Å². The minimum absolute atomic E-state index is 0.192. The molecule has 0 heterocycles. The van der Waals surface area contributed by atoms with E-state index < -0.39 is 11.4 Å². The second-order valence-electron chi connectivity index (χ2n) is 7.03. The van der Waals surface area contributed by atoms with Gasteiger partial charge in [-0.2, -0.15) is 0 Å². The van der Waals surface area contributed by atoms with Gasteiger partial charge in [0.25, 0.3) is 0 Å². The summed E-state index contributed by atoms with van der Waals surface area (Å²) >= 11 is 0. The number of carbonyl (C=O) groups excluding carboxylic acids is 3. The summed E-state index contributed by atoms with van der Waals surface area (Å²) in [7, 11) is 0. The van der Waals surface area contributed by atoms with E-state index in [0.29, 0.717) is 16.7 Å². The zero-order chi connectivity index (χ0) is 20.4. The summed E-state index contributed by atoms with van der Waals surface area (Å²) < 4.78 is 5.10. The third-order valence-electron chi connectivity index (χ3n) is 5.39. The summed E-state index contributed by atoms with van der Waals surface area (Å²) in [5.41, 5.74) is 1.65. The Kier molecular flexibility index (Phi) is 4.85. The number of fused-ring (bicyclic) bond motifs is 1. The summed E-state index contributed by atoms with van der Waals surface area (Å²) in [6.07, 6.45) is -0.308. The van der Waals surface area contributed by atoms with Crippen molar-refractivity contribution in [2.75, 3.05) is 6.61 Å². The van der Waals surface area contributed by atoms with Crippen LogP contribution in [0.1, 0.15) is 39.6 Å². The molecule has 0 N–H and O–H groups in total. The van der Waals surface area contributed by atoms with Crippen molar-refractivity contribution in [1.29, 1.82) is 0 Å². The smallest absolute Gasteiger partial charge is 0.307 e. The van der Waals surface area contributed by atoms with Gasteiger partial charge in [-0.15, -0.1) is 0 Å². The molecule has 0 radical (unpaired) electrons. The van der Waals surface area contributed by atoms with Crippen molar-refractivity contribution in [2.45, 2.75) is 18.8 Å². The first-order chi connectivity index (χ1) is 14.1. The summed E-state index contributed by atoms with van der Waals surface area (Å²) in [5, 5.41) is 0. The van der Waals surface area contributed by atoms with Gasteiger partial charge in [-0.1, -0.05) is 78.9 Å². The van der Waals surface area contributed by atoms with Gasteiger partial charge in [-0.25, -0.2) is 0 Å². The number of ketones is 2. The zero-order valence-corrected chi connectivity index (χ0v) is 16.1. The molecule has 4 heteroatoms. The number of hydrogen-bond acceptors (Lipinski definition) is 4. The van der Waals surface area contributed by atoms with Crippen LogP contribution in [0.25, 0.3) is 11.1 Å². The third-order valence-corrected chi connectivity index (χ3v) is 5.39. The molecular formula is C25H20O4. The molecule has 29 heavy (non-hydrogen) atoms. The van der Waals surface area contributed by atoms with Gasteiger partial charge in [0.2, 0.25) is 0 Å². The molecule has 0 saturated heterocycles. The Balaban J connectivity index is 1.81. The lowest BCUT2D eigenvalue weighted by molar-refractivity contribution is -0.143. The van der Waals surface area contributed by atoms with Gasteiger partial charge in [0.1, 0.15) is 5.41 Å². The van der Waals surface area contributed by atoms with Crippen molar-refractivity contribution in [3.05, 3.63) is 95.6 Å². The molecule has 0 aromatic heterocycles. The predicted octanol–water partition coefficient (Wildman–Crippen LogP) is 4.62. The lowest BCUT2D eigenvalue weighted by atomic mass is 9.73. The van der Waals surface area contributed by atoms with Crippen LogP contribution < -0.4 is 0 Å². The molecule has 0 saturated carbocycles. The number of rotatable bonds is 5. The molecule has 3 aromatic rings. The molecule has 4 nitrogen and oxygen atoms in total. The van der Waals surface area contributed by atoms with E-state index in [9.17, 15) is 14.4 Å². The fourth-order valence-electron chi connectivity index (χ4n) is 3.97. The lowest BCUT2D eigenvalue weighted by Gasteiger charge is -2.25. The Labute approximate surface area is 169 Å². The Morgan fingerprint density at radius 1 is 0.759 bits per heavy atom. The van der Waals surface area contributed by atoms with Crippen LogP contribution in [-0.2, 0) is 14.9 Å². The molecule has 4 rings (SSSR count). The van der Waals surface area contributed by atoms with E-state index in [0.717, 1.165) is 11.1 Å². The first-order valence-corrected chi connectivity index (χ1v) is 9.58. The van der Waals surface area contributed by atoms with E-state index in [1.165, 1.54) is 0 Å². The zero-order valence-electron chi connectivity index (χ0n) is 16.1. The highest BCUT2D eigenvalue weighted by Gasteiger charge is 2.55. The van der Waals surface area contributed by atoms with Crippen LogP contribution in [0, 0.1) is 0 Å². The maximum atomic E-state index is 13.4. The number of esters is 1. The lowest BCUT2D eigenvalue weighted by Crippen LogP contribution is -2.41. The molecule has 0 unspecified atom stereocenters. The van der Waals surface area contributed by atoms with Crippen LogP contribution in [0.3, 0.4) is 0 Å². The minimum atomic E-state index is -1.58. The van der Waals surface area contributed by atoms with Crippen molar-refractivity contribution in [3.8, 4) is 11.1 Å². The topological polar surface area (TPSA) is 60.4 Å². The molecule has 0 amide bonds. The summed E-state index contributed by atoms with van der Waals surface area (Å²) in [5.74, 6) is -1.26. The minimum Gasteiger partial charge on any atom is -0.466 e. The maximum absolute atomic E-state index is 13.4. The average molecular weight is 384 g/mol. The van der Waals surface area contributed by atoms with Crippen LogP contribution in [0.5, 0.6) is 0 Å². The first-order valence-electron chi connectivity index (χ1n) is 9.58. The van der Waals surface area contributed by atoms with Crippen LogP contribution in [0.15, 0.2) is 78.9 Å². The van der Waals surface area contributed by atoms with Crippen LogP contribution in [0.2, 0.25) is 0 Å². The van der Waals surface area contributed by atoms with E-state index in [1.54, 1.807) is 43.3 Å². The second kappa shape index (κ2) is 7.47. The van der Waals surface area contributed by atoms with Gasteiger partial charge < -0.3 is 4.74 Å². The van der Waals surface area contributed by atoms with Crippen molar-refractivity contribution in [2.24, 2.45) is 0 Å². The van der Waals surface area contributed by atoms with Crippen LogP contribution in [-0.4, -0.2) is 24.1 Å². The Hall–Kier alpha value is -3.53. The van der Waals surface area contributed by atoms with Crippen molar-refractivity contribution < 1.29 is 19.1 Å². The normalized spacial score (nSPS) is 14.5. The number of benzene rings is 3. The van der Waals surface area contributed by atoms with E-state index in [-0.39, 0.29) is 24.6 Å². The highest BCUT2D eigenvalue weighted by atomic mass is 16.5. The van der Waals surface area contributed by atoms with Crippen molar-refractivity contribution in [1.82, 2.24) is 0 Å². The average Bonchev–Trinajstić information content (AvgIpc) is 2.97. The quantitative estimate of drug-likeness (QED) is 0.476. The maximum Gasteiger partial charge on any atom is 0.307 e. The van der Waals surface area contributed by atoms with Crippen LogP contribution >= 0.6 is 0 Å². The summed E-state index contributed by atoms with van der Waals surface area (Å²) in [6.45, 7) is 1.89. The molecule has 0 spiro atoms. The van der Waals surface area contributed by atoms with E-state index in [1.807, 2.05) is 42.5 Å². The number of Topliss-reactive ketones (excluding diaryl/α,β-unsaturated/α-hetero) is 2. The monoisotopic (exact) mass is 384 g/mol. The highest BCUT2D eigenvalue weighted by molar-refractivity contribution is 6.34. The standard InChI is InChI=1S/C25H20O4/c1-2-29-22(26)16-25(23(27)20-10-6-7-11-21(20)24(25)28)19-14-12-18(13-15-19)17-8-4-3-5-9-17/h3-15H,2,16H2,1H3. The van der Waals surface area contributed by atoms with Crippen molar-refractivity contribution in [3.63, 3.8) is 0 Å². The number of ether oxygens (including phenoxy) is 1. The van der Waals surface area contributed by atoms with Gasteiger partial charge in [-0.05, 0) is 23.6 Å². The molecular weight excluding hydrogens is 364 g/mol. The molecule has 1 aliphatic carbocycles. The van der Waals surface area contributed by atoms with Gasteiger partial charge >= 0.3 is 5.97 Å². The number of hydrogen-bond donors (Lipinski definition) is 0. The molecule has 144 valence electrons. The predicted molar refractivity (Wildman–Crippen MR) is 110 cm³/mol. The van der Waals surface area contributed by atoms with E-state index in [4.69, 9.17) is 4.74 Å². The highest BCUT2D eigenvalue weighted by Crippen LogP contribution is 2.43. The molecule has 0 bridgehead atoms. The second-order valence-corrected chi connectivity index (χ2v) is 7.03. The van der Waals surface area contributed by atoms with Gasteiger partial charge in [-0.3, -0.25) is 14.4 Å². The summed E-state index contributed by atoms with van der Waals surface area (Å²) in [4.78, 5) is 39.2. The Morgan fingerprint density at radius 2 is 1.28 bits per heavy atom. The molecule has 0 atom stereocenters. The third kappa shape index (κ3) is 3.07. The fourth-order valence-corrected chi connectivity index (χ4v) is 3.97. The van der Waals surface area contributed by atoms with E-state index >= 15 is 0 Å². The summed E-state index contributed by atoms with van der Waals surface area (Å²) in [6, 6.07) is 23.8. The molecule has 0 aliphatic heterocycles. The SMILES string of the molecule is CCOC(=O)CC1(c2ccc(-c3ccccc3)cc2)C(=O)c2ccccc2C1=O. The Morgan fingerprint density at radius 3 is 1.83 bits per heavy atom. The molecule has 0 fully saturated rings. The first kappa shape index (κ1) is 18.8. The van der Waals surface area contributed by atoms with Crippen LogP contribution in [0.4, 0.5) is 0 Å². The van der Waals surface area contributed by atoms with Gasteiger partial charge in [0, 0.05) is 11.1 Å². The largest absolute Gasteiger partial charge is 0.466 e. The molecule has 3 aromatic carbocycles. The Bertz CT molecular complexity index is 1050. The number of carbonyl (C=O) groups is 3. The fraction of sp³-hybridized carbons (Fsp3) is 0.160. The molecule has 1 aliphatic rings.